The highest BCUT2D eigenvalue weighted by Gasteiger charge is 2.26. The summed E-state index contributed by atoms with van der Waals surface area (Å²) in [6, 6.07) is 14.6. The number of amides is 1. The van der Waals surface area contributed by atoms with Crippen molar-refractivity contribution in [1.29, 1.82) is 0 Å². The molecule has 3 aromatic rings. The lowest BCUT2D eigenvalue weighted by Crippen LogP contribution is -2.29. The van der Waals surface area contributed by atoms with Crippen LogP contribution in [0, 0.1) is 0 Å². The van der Waals surface area contributed by atoms with E-state index in [0.717, 1.165) is 5.56 Å². The molecule has 0 aliphatic carbocycles. The number of hydrogen-bond donors (Lipinski definition) is 4. The van der Waals surface area contributed by atoms with Crippen LogP contribution in [0.3, 0.4) is 0 Å². The van der Waals surface area contributed by atoms with E-state index in [4.69, 9.17) is 15.2 Å². The van der Waals surface area contributed by atoms with Gasteiger partial charge in [-0.2, -0.15) is 4.98 Å². The average molecular weight is 452 g/mol. The molecule has 5 N–H and O–H groups in total. The summed E-state index contributed by atoms with van der Waals surface area (Å²) in [6.07, 6.45) is 0. The van der Waals surface area contributed by atoms with E-state index in [2.05, 4.69) is 15.3 Å². The van der Waals surface area contributed by atoms with Gasteiger partial charge in [-0.15, -0.1) is 0 Å². The maximum atomic E-state index is 12.6. The lowest BCUT2D eigenvalue weighted by Gasteiger charge is -2.14. The average Bonchev–Trinajstić information content (AvgIpc) is 2.83. The van der Waals surface area contributed by atoms with Crippen molar-refractivity contribution >= 4 is 11.9 Å². The summed E-state index contributed by atoms with van der Waals surface area (Å²) in [5, 5.41) is 22.6. The van der Waals surface area contributed by atoms with Crippen LogP contribution in [0.1, 0.15) is 40.4 Å². The summed E-state index contributed by atoms with van der Waals surface area (Å²) >= 11 is 0. The van der Waals surface area contributed by atoms with Crippen molar-refractivity contribution in [3.05, 3.63) is 77.2 Å². The van der Waals surface area contributed by atoms with E-state index in [0.29, 0.717) is 17.9 Å². The maximum Gasteiger partial charge on any atom is 0.331 e. The summed E-state index contributed by atoms with van der Waals surface area (Å²) in [7, 11) is 0. The smallest absolute Gasteiger partial charge is 0.331 e. The predicted octanol–water partition coefficient (Wildman–Crippen LogP) is 1.96. The number of rotatable bonds is 9. The number of para-hydroxylation sites is 1. The van der Waals surface area contributed by atoms with E-state index in [1.165, 1.54) is 0 Å². The zero-order chi connectivity index (χ0) is 23.8. The van der Waals surface area contributed by atoms with Gasteiger partial charge in [0.25, 0.3) is 11.8 Å². The number of carbonyl (C=O) groups is 2. The van der Waals surface area contributed by atoms with E-state index in [-0.39, 0.29) is 19.0 Å². The zero-order valence-corrected chi connectivity index (χ0v) is 17.9. The van der Waals surface area contributed by atoms with Gasteiger partial charge in [-0.3, -0.25) is 4.79 Å². The number of hydrogen-bond acceptors (Lipinski definition) is 9. The minimum absolute atomic E-state index is 0.0238. The molecule has 0 aliphatic heterocycles. The Morgan fingerprint density at radius 1 is 1.06 bits per heavy atom. The normalized spacial score (nSPS) is 11.5. The summed E-state index contributed by atoms with van der Waals surface area (Å²) in [4.78, 5) is 32.5. The molecule has 2 aromatic carbocycles. The van der Waals surface area contributed by atoms with Crippen LogP contribution in [0.4, 0.5) is 0 Å². The number of benzene rings is 2. The predicted molar refractivity (Wildman–Crippen MR) is 117 cm³/mol. The standard InChI is InChI=1S/C23H24N4O6/c1-2-32-16-11-7-6-10-15(16)12-25-21(29)18-19(28)22(30)27-20(26-18)17(24)23(31)33-13-14-8-4-3-5-9-14/h3-11,17,28H,2,12-13,24H2,1H3,(H,25,29)(H,26,27,30). The van der Waals surface area contributed by atoms with E-state index >= 15 is 0 Å². The fourth-order valence-corrected chi connectivity index (χ4v) is 2.89. The summed E-state index contributed by atoms with van der Waals surface area (Å²) < 4.78 is 10.7. The maximum absolute atomic E-state index is 12.6. The lowest BCUT2D eigenvalue weighted by atomic mass is 10.2. The Hall–Kier alpha value is -4.18. The molecule has 1 aromatic heterocycles. The molecular formula is C23H24N4O6. The SMILES string of the molecule is CCOc1ccccc1CNC(=O)c1nc(C(N)C(=O)OCc2ccccc2)nc(O)c1O. The molecule has 1 heterocycles. The Morgan fingerprint density at radius 2 is 1.76 bits per heavy atom. The number of esters is 1. The largest absolute Gasteiger partial charge is 0.501 e. The van der Waals surface area contributed by atoms with Crippen LogP contribution in [-0.2, 0) is 22.7 Å². The summed E-state index contributed by atoms with van der Waals surface area (Å²) in [5.41, 5.74) is 6.79. The molecule has 3 rings (SSSR count). The van der Waals surface area contributed by atoms with Crippen molar-refractivity contribution in [2.75, 3.05) is 6.61 Å². The molecule has 10 heteroatoms. The fraction of sp³-hybridized carbons (Fsp3) is 0.217. The molecule has 33 heavy (non-hydrogen) atoms. The minimum Gasteiger partial charge on any atom is -0.501 e. The molecular weight excluding hydrogens is 428 g/mol. The van der Waals surface area contributed by atoms with Gasteiger partial charge in [-0.1, -0.05) is 48.5 Å². The third-order valence-corrected chi connectivity index (χ3v) is 4.57. The van der Waals surface area contributed by atoms with Crippen molar-refractivity contribution in [2.45, 2.75) is 26.1 Å². The third-order valence-electron chi connectivity index (χ3n) is 4.57. The number of ether oxygens (including phenoxy) is 2. The first-order valence-corrected chi connectivity index (χ1v) is 10.2. The number of nitrogens with two attached hydrogens (primary N) is 1. The van der Waals surface area contributed by atoms with Gasteiger partial charge >= 0.3 is 5.97 Å². The number of aromatic hydroxyl groups is 2. The Labute approximate surface area is 190 Å². The van der Waals surface area contributed by atoms with Crippen molar-refractivity contribution in [3.8, 4) is 17.4 Å². The second-order valence-corrected chi connectivity index (χ2v) is 6.90. The Bertz CT molecular complexity index is 1120. The third kappa shape index (κ3) is 5.95. The molecule has 0 saturated carbocycles. The molecule has 10 nitrogen and oxygen atoms in total. The van der Waals surface area contributed by atoms with Gasteiger partial charge in [0.2, 0.25) is 5.75 Å². The summed E-state index contributed by atoms with van der Waals surface area (Å²) in [6.45, 7) is 2.34. The molecule has 1 atom stereocenters. The first kappa shape index (κ1) is 23.5. The van der Waals surface area contributed by atoms with Crippen LogP contribution < -0.4 is 15.8 Å². The molecule has 0 spiro atoms. The molecule has 1 amide bonds. The van der Waals surface area contributed by atoms with Crippen LogP contribution in [0.25, 0.3) is 0 Å². The van der Waals surface area contributed by atoms with Crippen LogP contribution in [0.5, 0.6) is 17.4 Å². The van der Waals surface area contributed by atoms with Crippen LogP contribution in [-0.4, -0.2) is 38.7 Å². The van der Waals surface area contributed by atoms with Gasteiger partial charge in [0.1, 0.15) is 12.4 Å². The monoisotopic (exact) mass is 452 g/mol. The number of nitrogens with zero attached hydrogens (tertiary/aromatic N) is 2. The van der Waals surface area contributed by atoms with Gasteiger partial charge in [-0.05, 0) is 18.6 Å². The zero-order valence-electron chi connectivity index (χ0n) is 17.9. The molecule has 0 aliphatic rings. The van der Waals surface area contributed by atoms with Crippen LogP contribution in [0.15, 0.2) is 54.6 Å². The summed E-state index contributed by atoms with van der Waals surface area (Å²) in [5.74, 6) is -3.16. The van der Waals surface area contributed by atoms with Crippen molar-refractivity contribution in [1.82, 2.24) is 15.3 Å². The van der Waals surface area contributed by atoms with Crippen molar-refractivity contribution < 1.29 is 29.3 Å². The Morgan fingerprint density at radius 3 is 2.48 bits per heavy atom. The molecule has 1 unspecified atom stereocenters. The van der Waals surface area contributed by atoms with Gasteiger partial charge in [0.05, 0.1) is 6.61 Å². The highest BCUT2D eigenvalue weighted by molar-refractivity contribution is 5.95. The topological polar surface area (TPSA) is 157 Å². The lowest BCUT2D eigenvalue weighted by molar-refractivity contribution is -0.146. The molecule has 0 saturated heterocycles. The Kier molecular flexibility index (Phi) is 7.77. The van der Waals surface area contributed by atoms with Crippen molar-refractivity contribution in [3.63, 3.8) is 0 Å². The quantitative estimate of drug-likeness (QED) is 0.356. The number of carbonyl (C=O) groups excluding carboxylic acids is 2. The van der Waals surface area contributed by atoms with Gasteiger partial charge < -0.3 is 30.7 Å². The molecule has 0 fully saturated rings. The number of nitrogens with one attached hydrogen (secondary N) is 1. The fourth-order valence-electron chi connectivity index (χ4n) is 2.89. The van der Waals surface area contributed by atoms with Gasteiger partial charge in [0.15, 0.2) is 17.6 Å². The highest BCUT2D eigenvalue weighted by atomic mass is 16.5. The first-order valence-electron chi connectivity index (χ1n) is 10.2. The van der Waals surface area contributed by atoms with Crippen LogP contribution >= 0.6 is 0 Å². The molecule has 0 radical (unpaired) electrons. The Balaban J connectivity index is 1.72. The number of aromatic nitrogens is 2. The van der Waals surface area contributed by atoms with Crippen molar-refractivity contribution in [2.24, 2.45) is 5.73 Å². The van der Waals surface area contributed by atoms with E-state index in [1.807, 2.05) is 13.0 Å². The second kappa shape index (κ2) is 10.9. The van der Waals surface area contributed by atoms with Gasteiger partial charge in [0, 0.05) is 12.1 Å². The van der Waals surface area contributed by atoms with E-state index in [1.54, 1.807) is 48.5 Å². The van der Waals surface area contributed by atoms with E-state index in [9.17, 15) is 19.8 Å². The molecule has 0 bridgehead atoms. The van der Waals surface area contributed by atoms with E-state index < -0.39 is 35.2 Å². The highest BCUT2D eigenvalue weighted by Crippen LogP contribution is 2.27. The molecule has 172 valence electrons. The van der Waals surface area contributed by atoms with Crippen LogP contribution in [0.2, 0.25) is 0 Å². The minimum atomic E-state index is -1.48. The second-order valence-electron chi connectivity index (χ2n) is 6.90. The first-order chi connectivity index (χ1) is 15.9. The van der Waals surface area contributed by atoms with Gasteiger partial charge in [-0.25, -0.2) is 9.78 Å².